The smallest absolute Gasteiger partial charge is 0.407 e. The number of hydrogen-bond donors (Lipinski definition) is 3. The maximum atomic E-state index is 11.6. The molecule has 0 radical (unpaired) electrons. The van der Waals surface area contributed by atoms with Crippen LogP contribution in [0.2, 0.25) is 0 Å². The summed E-state index contributed by atoms with van der Waals surface area (Å²) in [5.41, 5.74) is 2.45. The van der Waals surface area contributed by atoms with Gasteiger partial charge in [0.25, 0.3) is 0 Å². The average Bonchev–Trinajstić information content (AvgIpc) is 2.66. The molecular weight excluding hydrogens is 318 g/mol. The van der Waals surface area contributed by atoms with Crippen molar-refractivity contribution in [1.29, 1.82) is 0 Å². The van der Waals surface area contributed by atoms with Gasteiger partial charge in [-0.3, -0.25) is 0 Å². The van der Waals surface area contributed by atoms with E-state index < -0.39 is 18.3 Å². The van der Waals surface area contributed by atoms with Crippen LogP contribution in [0.5, 0.6) is 0 Å². The van der Waals surface area contributed by atoms with Crippen molar-refractivity contribution in [2.24, 2.45) is 0 Å². The molecule has 0 spiro atoms. The summed E-state index contributed by atoms with van der Waals surface area (Å²) < 4.78 is 5.08. The fraction of sp³-hybridized carbons (Fsp3) is 0.250. The molecule has 0 aromatic heterocycles. The number of rotatable bonds is 8. The van der Waals surface area contributed by atoms with Gasteiger partial charge in [0.1, 0.15) is 12.7 Å². The monoisotopic (exact) mass is 341 g/mol. The van der Waals surface area contributed by atoms with Crippen LogP contribution in [-0.4, -0.2) is 29.0 Å². The Labute approximate surface area is 147 Å². The average molecular weight is 341 g/mol. The lowest BCUT2D eigenvalue weighted by molar-refractivity contribution is 0.0136. The first-order valence-electron chi connectivity index (χ1n) is 8.13. The summed E-state index contributed by atoms with van der Waals surface area (Å²) in [4.78, 5) is 11.6. The Kier molecular flexibility index (Phi) is 7.19. The lowest BCUT2D eigenvalue weighted by Gasteiger charge is -2.18. The third-order valence-electron chi connectivity index (χ3n) is 3.80. The topological polar surface area (TPSA) is 78.8 Å². The molecule has 0 saturated heterocycles. The molecule has 132 valence electrons. The van der Waals surface area contributed by atoms with Gasteiger partial charge in [0, 0.05) is 6.54 Å². The van der Waals surface area contributed by atoms with Crippen LogP contribution in [0.15, 0.2) is 61.2 Å². The van der Waals surface area contributed by atoms with E-state index in [1.54, 1.807) is 18.2 Å². The molecule has 0 fully saturated rings. The van der Waals surface area contributed by atoms with Gasteiger partial charge in [-0.25, -0.2) is 4.79 Å². The van der Waals surface area contributed by atoms with E-state index >= 15 is 0 Å². The number of alkyl carbamates (subject to hydrolysis) is 1. The molecule has 1 amide bonds. The van der Waals surface area contributed by atoms with Crippen molar-refractivity contribution < 1.29 is 19.7 Å². The second-order valence-corrected chi connectivity index (χ2v) is 5.66. The highest BCUT2D eigenvalue weighted by Gasteiger charge is 2.18. The molecule has 2 rings (SSSR count). The van der Waals surface area contributed by atoms with Crippen LogP contribution in [0, 0.1) is 0 Å². The van der Waals surface area contributed by atoms with Gasteiger partial charge in [0.2, 0.25) is 0 Å². The molecule has 0 bridgehead atoms. The number of carbonyl (C=O) groups is 1. The Bertz CT molecular complexity index is 670. The van der Waals surface area contributed by atoms with Crippen LogP contribution in [0.25, 0.3) is 6.08 Å². The molecule has 2 aromatic rings. The summed E-state index contributed by atoms with van der Waals surface area (Å²) >= 11 is 0. The van der Waals surface area contributed by atoms with Gasteiger partial charge in [0.05, 0.1) is 6.10 Å². The Morgan fingerprint density at radius 2 is 1.80 bits per heavy atom. The minimum Gasteiger partial charge on any atom is -0.445 e. The maximum Gasteiger partial charge on any atom is 0.407 e. The highest BCUT2D eigenvalue weighted by molar-refractivity contribution is 5.67. The molecule has 0 aliphatic heterocycles. The number of carbonyl (C=O) groups excluding carboxylic acids is 1. The van der Waals surface area contributed by atoms with Crippen molar-refractivity contribution in [2.45, 2.75) is 25.2 Å². The molecule has 0 saturated carbocycles. The van der Waals surface area contributed by atoms with Gasteiger partial charge < -0.3 is 20.3 Å². The molecular formula is C20H23NO4. The summed E-state index contributed by atoms with van der Waals surface area (Å²) in [6.45, 7) is 4.06. The third kappa shape index (κ3) is 6.06. The lowest BCUT2D eigenvalue weighted by atomic mass is 10.0. The van der Waals surface area contributed by atoms with Gasteiger partial charge in [-0.1, -0.05) is 67.3 Å². The molecule has 0 aliphatic rings. The van der Waals surface area contributed by atoms with E-state index in [1.807, 2.05) is 42.5 Å². The summed E-state index contributed by atoms with van der Waals surface area (Å²) in [7, 11) is 0. The Hall–Kier alpha value is -2.63. The standard InChI is InChI=1S/C20H23NO4/c1-2-15-8-10-17(11-9-15)19(23)18(22)12-13-21-20(24)25-14-16-6-4-3-5-7-16/h2-11,18-19,22-23H,1,12-14H2,(H,21,24). The molecule has 0 aliphatic carbocycles. The van der Waals surface area contributed by atoms with Crippen LogP contribution in [0.1, 0.15) is 29.2 Å². The van der Waals surface area contributed by atoms with Gasteiger partial charge in [-0.2, -0.15) is 0 Å². The molecule has 2 atom stereocenters. The van der Waals surface area contributed by atoms with Crippen LogP contribution in [0.4, 0.5) is 4.79 Å². The van der Waals surface area contributed by atoms with Gasteiger partial charge in [0.15, 0.2) is 0 Å². The number of amides is 1. The lowest BCUT2D eigenvalue weighted by Crippen LogP contribution is -2.29. The first kappa shape index (κ1) is 18.7. The molecule has 0 heterocycles. The van der Waals surface area contributed by atoms with E-state index in [0.717, 1.165) is 11.1 Å². The van der Waals surface area contributed by atoms with E-state index in [9.17, 15) is 15.0 Å². The Balaban J connectivity index is 1.70. The highest BCUT2D eigenvalue weighted by atomic mass is 16.5. The summed E-state index contributed by atoms with van der Waals surface area (Å²) in [6.07, 6.45) is -0.631. The fourth-order valence-corrected chi connectivity index (χ4v) is 2.31. The predicted octanol–water partition coefficient (Wildman–Crippen LogP) is 3.04. The molecule has 3 N–H and O–H groups in total. The largest absolute Gasteiger partial charge is 0.445 e. The second-order valence-electron chi connectivity index (χ2n) is 5.66. The quantitative estimate of drug-likeness (QED) is 0.689. The van der Waals surface area contributed by atoms with E-state index in [-0.39, 0.29) is 19.6 Å². The van der Waals surface area contributed by atoms with E-state index in [4.69, 9.17) is 4.74 Å². The Morgan fingerprint density at radius 1 is 1.12 bits per heavy atom. The number of ether oxygens (including phenoxy) is 1. The van der Waals surface area contributed by atoms with Crippen LogP contribution >= 0.6 is 0 Å². The molecule has 5 heteroatoms. The number of aliphatic hydroxyl groups is 2. The van der Waals surface area contributed by atoms with Crippen molar-refractivity contribution in [2.75, 3.05) is 6.54 Å². The zero-order valence-electron chi connectivity index (χ0n) is 14.0. The number of nitrogens with one attached hydrogen (secondary N) is 1. The normalized spacial score (nSPS) is 12.9. The van der Waals surface area contributed by atoms with E-state index in [2.05, 4.69) is 11.9 Å². The Morgan fingerprint density at radius 3 is 2.44 bits per heavy atom. The van der Waals surface area contributed by atoms with Gasteiger partial charge in [-0.15, -0.1) is 0 Å². The zero-order chi connectivity index (χ0) is 18.1. The van der Waals surface area contributed by atoms with E-state index in [1.165, 1.54) is 0 Å². The van der Waals surface area contributed by atoms with Crippen molar-refractivity contribution in [3.8, 4) is 0 Å². The second kappa shape index (κ2) is 9.61. The maximum absolute atomic E-state index is 11.6. The number of aliphatic hydroxyl groups excluding tert-OH is 2. The summed E-state index contributed by atoms with van der Waals surface area (Å²) in [5, 5.41) is 22.8. The highest BCUT2D eigenvalue weighted by Crippen LogP contribution is 2.19. The van der Waals surface area contributed by atoms with Crippen molar-refractivity contribution >= 4 is 12.2 Å². The van der Waals surface area contributed by atoms with Crippen molar-refractivity contribution in [3.63, 3.8) is 0 Å². The third-order valence-corrected chi connectivity index (χ3v) is 3.80. The SMILES string of the molecule is C=Cc1ccc(C(O)C(O)CCNC(=O)OCc2ccccc2)cc1. The number of hydrogen-bond acceptors (Lipinski definition) is 4. The van der Waals surface area contributed by atoms with E-state index in [0.29, 0.717) is 5.56 Å². The molecule has 5 nitrogen and oxygen atoms in total. The summed E-state index contributed by atoms with van der Waals surface area (Å²) in [5.74, 6) is 0. The van der Waals surface area contributed by atoms with Crippen molar-refractivity contribution in [1.82, 2.24) is 5.32 Å². The van der Waals surface area contributed by atoms with Gasteiger partial charge >= 0.3 is 6.09 Å². The molecule has 25 heavy (non-hydrogen) atoms. The first-order valence-corrected chi connectivity index (χ1v) is 8.13. The molecule has 2 aromatic carbocycles. The van der Waals surface area contributed by atoms with Crippen molar-refractivity contribution in [3.05, 3.63) is 77.9 Å². The summed E-state index contributed by atoms with van der Waals surface area (Å²) in [6, 6.07) is 16.5. The van der Waals surface area contributed by atoms with Crippen LogP contribution < -0.4 is 5.32 Å². The van der Waals surface area contributed by atoms with Crippen LogP contribution in [0.3, 0.4) is 0 Å². The zero-order valence-corrected chi connectivity index (χ0v) is 14.0. The fourth-order valence-electron chi connectivity index (χ4n) is 2.31. The van der Waals surface area contributed by atoms with Crippen LogP contribution in [-0.2, 0) is 11.3 Å². The minimum absolute atomic E-state index is 0.188. The minimum atomic E-state index is -1.01. The first-order chi connectivity index (χ1) is 12.1. The predicted molar refractivity (Wildman–Crippen MR) is 96.7 cm³/mol. The number of benzene rings is 2. The molecule has 2 unspecified atom stereocenters. The van der Waals surface area contributed by atoms with Gasteiger partial charge in [-0.05, 0) is 23.1 Å².